The normalized spacial score (nSPS) is 19.4. The van der Waals surface area contributed by atoms with Gasteiger partial charge < -0.3 is 10.6 Å². The van der Waals surface area contributed by atoms with Crippen LogP contribution in [0.1, 0.15) is 25.8 Å². The van der Waals surface area contributed by atoms with E-state index in [-0.39, 0.29) is 36.3 Å². The highest BCUT2D eigenvalue weighted by Gasteiger charge is 2.35. The predicted octanol–water partition coefficient (Wildman–Crippen LogP) is 1.66. The van der Waals surface area contributed by atoms with Gasteiger partial charge in [-0.05, 0) is 24.0 Å². The van der Waals surface area contributed by atoms with Crippen LogP contribution in [0.2, 0.25) is 0 Å². The number of halogens is 1. The maximum Gasteiger partial charge on any atom is 0.246 e. The van der Waals surface area contributed by atoms with E-state index in [1.54, 1.807) is 0 Å². The third-order valence-electron chi connectivity index (χ3n) is 4.70. The molecule has 8 heteroatoms. The number of nitrogens with zero attached hydrogens (tertiary/aromatic N) is 5. The standard InChI is InChI=1S/C17H24N6O.ClH/c1-12-4-6-13(7-5-12)16-19-21-23(20-16)10-15(24)22-9-8-14(18)17(2,3)11-22;/h4-7,14H,8-11,18H2,1-3H3;1H. The van der Waals surface area contributed by atoms with E-state index in [1.807, 2.05) is 36.1 Å². The molecule has 0 radical (unpaired) electrons. The van der Waals surface area contributed by atoms with Crippen LogP contribution in [0.25, 0.3) is 11.4 Å². The average molecular weight is 365 g/mol. The van der Waals surface area contributed by atoms with Crippen LogP contribution in [0, 0.1) is 12.3 Å². The summed E-state index contributed by atoms with van der Waals surface area (Å²) in [6, 6.07) is 8.03. The second-order valence-electron chi connectivity index (χ2n) is 7.21. The summed E-state index contributed by atoms with van der Waals surface area (Å²) in [7, 11) is 0. The molecular formula is C17H25ClN6O. The van der Waals surface area contributed by atoms with Crippen LogP contribution in [0.4, 0.5) is 0 Å². The summed E-state index contributed by atoms with van der Waals surface area (Å²) in [5.74, 6) is 0.534. The quantitative estimate of drug-likeness (QED) is 0.894. The average Bonchev–Trinajstić information content (AvgIpc) is 2.99. The molecular weight excluding hydrogens is 340 g/mol. The lowest BCUT2D eigenvalue weighted by Gasteiger charge is -2.42. The van der Waals surface area contributed by atoms with Gasteiger partial charge in [-0.25, -0.2) is 0 Å². The monoisotopic (exact) mass is 364 g/mol. The molecule has 136 valence electrons. The minimum atomic E-state index is -0.0727. The van der Waals surface area contributed by atoms with Crippen molar-refractivity contribution in [1.82, 2.24) is 25.1 Å². The van der Waals surface area contributed by atoms with Crippen LogP contribution in [0.5, 0.6) is 0 Å². The molecule has 0 aliphatic carbocycles. The lowest BCUT2D eigenvalue weighted by molar-refractivity contribution is -0.135. The Labute approximate surface area is 154 Å². The van der Waals surface area contributed by atoms with Gasteiger partial charge in [-0.15, -0.1) is 22.6 Å². The second-order valence-corrected chi connectivity index (χ2v) is 7.21. The lowest BCUT2D eigenvalue weighted by Crippen LogP contribution is -2.54. The molecule has 2 N–H and O–H groups in total. The number of carbonyl (C=O) groups is 1. The van der Waals surface area contributed by atoms with Crippen molar-refractivity contribution in [3.8, 4) is 11.4 Å². The van der Waals surface area contributed by atoms with Gasteiger partial charge in [0.05, 0.1) is 0 Å². The lowest BCUT2D eigenvalue weighted by atomic mass is 9.80. The van der Waals surface area contributed by atoms with Crippen molar-refractivity contribution in [2.45, 2.75) is 39.8 Å². The first-order chi connectivity index (χ1) is 11.3. The Kier molecular flexibility index (Phi) is 5.80. The second kappa shape index (κ2) is 7.49. The summed E-state index contributed by atoms with van der Waals surface area (Å²) < 4.78 is 0. The van der Waals surface area contributed by atoms with Crippen molar-refractivity contribution in [1.29, 1.82) is 0 Å². The molecule has 0 spiro atoms. The molecule has 3 rings (SSSR count). The van der Waals surface area contributed by atoms with Gasteiger partial charge in [-0.3, -0.25) is 4.79 Å². The summed E-state index contributed by atoms with van der Waals surface area (Å²) >= 11 is 0. The molecule has 1 aromatic carbocycles. The van der Waals surface area contributed by atoms with Gasteiger partial charge in [0.1, 0.15) is 6.54 Å². The number of rotatable bonds is 3. The molecule has 1 aliphatic heterocycles. The number of benzene rings is 1. The van der Waals surface area contributed by atoms with E-state index < -0.39 is 0 Å². The zero-order valence-corrected chi connectivity index (χ0v) is 15.7. The van der Waals surface area contributed by atoms with Crippen LogP contribution in [-0.2, 0) is 11.3 Å². The number of amides is 1. The molecule has 2 aromatic rings. The molecule has 1 fully saturated rings. The maximum absolute atomic E-state index is 12.5. The predicted molar refractivity (Wildman–Crippen MR) is 98.2 cm³/mol. The molecule has 25 heavy (non-hydrogen) atoms. The van der Waals surface area contributed by atoms with E-state index in [2.05, 4.69) is 29.3 Å². The molecule has 1 saturated heterocycles. The minimum Gasteiger partial charge on any atom is -0.340 e. The smallest absolute Gasteiger partial charge is 0.246 e. The highest BCUT2D eigenvalue weighted by atomic mass is 35.5. The maximum atomic E-state index is 12.5. The third-order valence-corrected chi connectivity index (χ3v) is 4.70. The van der Waals surface area contributed by atoms with E-state index in [9.17, 15) is 4.79 Å². The number of hydrogen-bond donors (Lipinski definition) is 1. The first-order valence-electron chi connectivity index (χ1n) is 8.23. The Balaban J connectivity index is 0.00000225. The van der Waals surface area contributed by atoms with Crippen LogP contribution in [0.3, 0.4) is 0 Å². The number of carbonyl (C=O) groups excluding carboxylic acids is 1. The van der Waals surface area contributed by atoms with Gasteiger partial charge in [0, 0.05) is 24.7 Å². The number of aryl methyl sites for hydroxylation is 1. The van der Waals surface area contributed by atoms with E-state index in [0.29, 0.717) is 18.9 Å². The van der Waals surface area contributed by atoms with Crippen molar-refractivity contribution < 1.29 is 4.79 Å². The molecule has 1 amide bonds. The summed E-state index contributed by atoms with van der Waals surface area (Å²) in [4.78, 5) is 15.7. The van der Waals surface area contributed by atoms with Crippen LogP contribution in [0.15, 0.2) is 24.3 Å². The Hall–Kier alpha value is -1.99. The number of hydrogen-bond acceptors (Lipinski definition) is 5. The first-order valence-corrected chi connectivity index (χ1v) is 8.23. The van der Waals surface area contributed by atoms with E-state index in [4.69, 9.17) is 5.73 Å². The van der Waals surface area contributed by atoms with Gasteiger partial charge in [0.15, 0.2) is 0 Å². The van der Waals surface area contributed by atoms with Crippen LogP contribution >= 0.6 is 12.4 Å². The van der Waals surface area contributed by atoms with Gasteiger partial charge in [0.25, 0.3) is 0 Å². The van der Waals surface area contributed by atoms with Gasteiger partial charge >= 0.3 is 0 Å². The molecule has 0 bridgehead atoms. The van der Waals surface area contributed by atoms with Gasteiger partial charge in [-0.2, -0.15) is 4.80 Å². The van der Waals surface area contributed by atoms with E-state index in [1.165, 1.54) is 10.4 Å². The largest absolute Gasteiger partial charge is 0.340 e. The fraction of sp³-hybridized carbons (Fsp3) is 0.529. The summed E-state index contributed by atoms with van der Waals surface area (Å²) in [5, 5.41) is 12.4. The summed E-state index contributed by atoms with van der Waals surface area (Å²) in [5.41, 5.74) is 8.12. The number of likely N-dealkylation sites (tertiary alicyclic amines) is 1. The van der Waals surface area contributed by atoms with Crippen molar-refractivity contribution >= 4 is 18.3 Å². The van der Waals surface area contributed by atoms with Crippen molar-refractivity contribution in [3.05, 3.63) is 29.8 Å². The van der Waals surface area contributed by atoms with E-state index >= 15 is 0 Å². The zero-order chi connectivity index (χ0) is 17.3. The van der Waals surface area contributed by atoms with Gasteiger partial charge in [-0.1, -0.05) is 43.7 Å². The van der Waals surface area contributed by atoms with Crippen molar-refractivity contribution in [2.24, 2.45) is 11.1 Å². The summed E-state index contributed by atoms with van der Waals surface area (Å²) in [6.45, 7) is 7.67. The Morgan fingerprint density at radius 3 is 2.64 bits per heavy atom. The van der Waals surface area contributed by atoms with Crippen molar-refractivity contribution in [2.75, 3.05) is 13.1 Å². The Morgan fingerprint density at radius 1 is 1.32 bits per heavy atom. The molecule has 1 atom stereocenters. The van der Waals surface area contributed by atoms with E-state index in [0.717, 1.165) is 12.0 Å². The van der Waals surface area contributed by atoms with Crippen LogP contribution < -0.4 is 5.73 Å². The van der Waals surface area contributed by atoms with Gasteiger partial charge in [0.2, 0.25) is 11.7 Å². The Morgan fingerprint density at radius 2 is 2.00 bits per heavy atom. The minimum absolute atomic E-state index is 0. The topological polar surface area (TPSA) is 89.9 Å². The Bertz CT molecular complexity index is 727. The fourth-order valence-electron chi connectivity index (χ4n) is 2.94. The number of nitrogens with two attached hydrogens (primary N) is 1. The molecule has 1 aliphatic rings. The molecule has 1 unspecified atom stereocenters. The molecule has 2 heterocycles. The first kappa shape index (κ1) is 19.3. The molecule has 0 saturated carbocycles. The third kappa shape index (κ3) is 4.35. The number of aromatic nitrogens is 4. The zero-order valence-electron chi connectivity index (χ0n) is 14.8. The summed E-state index contributed by atoms with van der Waals surface area (Å²) in [6.07, 6.45) is 0.818. The molecule has 7 nitrogen and oxygen atoms in total. The molecule has 1 aromatic heterocycles. The number of tetrazole rings is 1. The highest BCUT2D eigenvalue weighted by Crippen LogP contribution is 2.27. The SMILES string of the molecule is Cc1ccc(-c2nnn(CC(=O)N3CCC(N)C(C)(C)C3)n2)cc1.Cl. The number of piperidine rings is 1. The van der Waals surface area contributed by atoms with Crippen molar-refractivity contribution in [3.63, 3.8) is 0 Å². The fourth-order valence-corrected chi connectivity index (χ4v) is 2.94. The van der Waals surface area contributed by atoms with Crippen LogP contribution in [-0.4, -0.2) is 50.1 Å². The highest BCUT2D eigenvalue weighted by molar-refractivity contribution is 5.85.